The number of pyridine rings is 1. The van der Waals surface area contributed by atoms with Gasteiger partial charge in [-0.1, -0.05) is 26.8 Å². The van der Waals surface area contributed by atoms with Crippen LogP contribution < -0.4 is 5.32 Å². The van der Waals surface area contributed by atoms with E-state index in [9.17, 15) is 0 Å². The summed E-state index contributed by atoms with van der Waals surface area (Å²) in [5.41, 5.74) is 1.26. The number of nitrogens with one attached hydrogen (secondary N) is 1. The summed E-state index contributed by atoms with van der Waals surface area (Å²) < 4.78 is 0. The third kappa shape index (κ3) is 5.19. The van der Waals surface area contributed by atoms with Crippen molar-refractivity contribution in [3.63, 3.8) is 0 Å². The van der Waals surface area contributed by atoms with Crippen molar-refractivity contribution in [2.45, 2.75) is 44.0 Å². The van der Waals surface area contributed by atoms with Crippen molar-refractivity contribution in [3.8, 4) is 0 Å². The van der Waals surface area contributed by atoms with Gasteiger partial charge in [0.2, 0.25) is 0 Å². The molecule has 0 saturated carbocycles. The Morgan fingerprint density at radius 3 is 2.73 bits per heavy atom. The minimum atomic E-state index is 0.599. The van der Waals surface area contributed by atoms with Crippen LogP contribution in [-0.4, -0.2) is 16.8 Å². The normalized spacial score (nSPS) is 10.9. The monoisotopic (exact) mass is 224 g/mol. The summed E-state index contributed by atoms with van der Waals surface area (Å²) in [7, 11) is 0. The first kappa shape index (κ1) is 12.5. The number of aromatic nitrogens is 1. The molecule has 0 bridgehead atoms. The van der Waals surface area contributed by atoms with Gasteiger partial charge in [-0.3, -0.25) is 0 Å². The molecule has 0 atom stereocenters. The van der Waals surface area contributed by atoms with Crippen LogP contribution in [0.25, 0.3) is 0 Å². The lowest BCUT2D eigenvalue weighted by atomic mass is 10.3. The molecule has 0 spiro atoms. The number of hydrogen-bond donors (Lipinski definition) is 1. The highest BCUT2D eigenvalue weighted by molar-refractivity contribution is 7.99. The Morgan fingerprint density at radius 1 is 1.40 bits per heavy atom. The maximum Gasteiger partial charge on any atom is 0.0962 e. The first-order valence-electron chi connectivity index (χ1n) is 5.54. The Balaban J connectivity index is 2.42. The molecule has 15 heavy (non-hydrogen) atoms. The highest BCUT2D eigenvalue weighted by Crippen LogP contribution is 2.20. The number of hydrogen-bond acceptors (Lipinski definition) is 3. The predicted molar refractivity (Wildman–Crippen MR) is 67.2 cm³/mol. The average Bonchev–Trinajstić information content (AvgIpc) is 2.20. The van der Waals surface area contributed by atoms with Crippen LogP contribution in [-0.2, 0) is 6.54 Å². The quantitative estimate of drug-likeness (QED) is 0.594. The van der Waals surface area contributed by atoms with Crippen LogP contribution in [0, 0.1) is 0 Å². The topological polar surface area (TPSA) is 24.9 Å². The predicted octanol–water partition coefficient (Wildman–Crippen LogP) is 3.08. The van der Waals surface area contributed by atoms with Gasteiger partial charge in [-0.05, 0) is 24.6 Å². The molecule has 0 saturated heterocycles. The van der Waals surface area contributed by atoms with Crippen LogP contribution in [0.3, 0.4) is 0 Å². The highest BCUT2D eigenvalue weighted by atomic mass is 32.2. The minimum Gasteiger partial charge on any atom is -0.313 e. The fraction of sp³-hybridized carbons (Fsp3) is 0.583. The largest absolute Gasteiger partial charge is 0.313 e. The highest BCUT2D eigenvalue weighted by Gasteiger charge is 1.99. The molecule has 0 aliphatic rings. The van der Waals surface area contributed by atoms with E-state index in [4.69, 9.17) is 0 Å². The lowest BCUT2D eigenvalue weighted by Gasteiger charge is -2.06. The smallest absolute Gasteiger partial charge is 0.0962 e. The first-order chi connectivity index (χ1) is 7.22. The van der Waals surface area contributed by atoms with E-state index < -0.39 is 0 Å². The van der Waals surface area contributed by atoms with Crippen LogP contribution in [0.4, 0.5) is 0 Å². The minimum absolute atomic E-state index is 0.599. The van der Waals surface area contributed by atoms with E-state index in [-0.39, 0.29) is 0 Å². The zero-order valence-corrected chi connectivity index (χ0v) is 10.6. The Hall–Kier alpha value is -0.540. The molecule has 0 unspecified atom stereocenters. The molecule has 0 aliphatic heterocycles. The Kier molecular flexibility index (Phi) is 5.73. The molecule has 3 heteroatoms. The molecule has 1 rings (SSSR count). The van der Waals surface area contributed by atoms with Crippen molar-refractivity contribution < 1.29 is 0 Å². The van der Waals surface area contributed by atoms with E-state index in [1.54, 1.807) is 11.8 Å². The summed E-state index contributed by atoms with van der Waals surface area (Å²) in [6, 6.07) is 4.26. The Morgan fingerprint density at radius 2 is 2.20 bits per heavy atom. The zero-order valence-electron chi connectivity index (χ0n) is 9.79. The molecule has 0 aromatic carbocycles. The van der Waals surface area contributed by atoms with Crippen molar-refractivity contribution in [3.05, 3.63) is 23.9 Å². The van der Waals surface area contributed by atoms with Gasteiger partial charge in [0.1, 0.15) is 0 Å². The van der Waals surface area contributed by atoms with E-state index in [0.29, 0.717) is 5.25 Å². The summed E-state index contributed by atoms with van der Waals surface area (Å²) >= 11 is 1.80. The second-order valence-corrected chi connectivity index (χ2v) is 5.44. The van der Waals surface area contributed by atoms with Crippen LogP contribution in [0.5, 0.6) is 0 Å². The van der Waals surface area contributed by atoms with Crippen molar-refractivity contribution in [1.82, 2.24) is 10.3 Å². The molecule has 1 aromatic heterocycles. The standard InChI is InChI=1S/C12H20N2S/c1-4-7-13-8-11-5-6-12(14-9-11)15-10(2)3/h5-6,9-10,13H,4,7-8H2,1-3H3. The maximum atomic E-state index is 4.42. The van der Waals surface area contributed by atoms with Gasteiger partial charge >= 0.3 is 0 Å². The van der Waals surface area contributed by atoms with E-state index in [0.717, 1.165) is 18.1 Å². The summed E-state index contributed by atoms with van der Waals surface area (Å²) in [6.45, 7) is 8.54. The molecular weight excluding hydrogens is 204 g/mol. The van der Waals surface area contributed by atoms with Gasteiger partial charge in [-0.15, -0.1) is 11.8 Å². The number of thioether (sulfide) groups is 1. The van der Waals surface area contributed by atoms with Crippen LogP contribution in [0.1, 0.15) is 32.8 Å². The van der Waals surface area contributed by atoms with Gasteiger partial charge in [0.05, 0.1) is 5.03 Å². The van der Waals surface area contributed by atoms with Crippen LogP contribution in [0.15, 0.2) is 23.4 Å². The Bertz CT molecular complexity index is 269. The van der Waals surface area contributed by atoms with Crippen molar-refractivity contribution in [2.24, 2.45) is 0 Å². The molecule has 1 N–H and O–H groups in total. The molecule has 1 heterocycles. The zero-order chi connectivity index (χ0) is 11.1. The van der Waals surface area contributed by atoms with E-state index in [1.807, 2.05) is 6.20 Å². The fourth-order valence-electron chi connectivity index (χ4n) is 1.24. The third-order valence-corrected chi connectivity index (χ3v) is 2.86. The summed E-state index contributed by atoms with van der Waals surface area (Å²) in [5.74, 6) is 0. The number of nitrogens with zero attached hydrogens (tertiary/aromatic N) is 1. The third-order valence-electron chi connectivity index (χ3n) is 1.91. The fourth-order valence-corrected chi connectivity index (χ4v) is 1.98. The number of rotatable bonds is 6. The second kappa shape index (κ2) is 6.85. The summed E-state index contributed by atoms with van der Waals surface area (Å²) in [4.78, 5) is 4.42. The van der Waals surface area contributed by atoms with E-state index in [2.05, 4.69) is 43.2 Å². The SMILES string of the molecule is CCCNCc1ccc(SC(C)C)nc1. The molecule has 1 aromatic rings. The van der Waals surface area contributed by atoms with Crippen molar-refractivity contribution in [1.29, 1.82) is 0 Å². The average molecular weight is 224 g/mol. The van der Waals surface area contributed by atoms with Gasteiger partial charge in [-0.25, -0.2) is 4.98 Å². The van der Waals surface area contributed by atoms with Gasteiger partial charge in [0.25, 0.3) is 0 Å². The lowest BCUT2D eigenvalue weighted by Crippen LogP contribution is -2.13. The Labute approximate surface area is 96.9 Å². The van der Waals surface area contributed by atoms with E-state index >= 15 is 0 Å². The van der Waals surface area contributed by atoms with Gasteiger partial charge < -0.3 is 5.32 Å². The van der Waals surface area contributed by atoms with Crippen molar-refractivity contribution in [2.75, 3.05) is 6.54 Å². The lowest BCUT2D eigenvalue weighted by molar-refractivity contribution is 0.673. The van der Waals surface area contributed by atoms with Crippen LogP contribution >= 0.6 is 11.8 Å². The van der Waals surface area contributed by atoms with Crippen LogP contribution in [0.2, 0.25) is 0 Å². The molecule has 0 fully saturated rings. The van der Waals surface area contributed by atoms with E-state index in [1.165, 1.54) is 12.0 Å². The van der Waals surface area contributed by atoms with Gasteiger partial charge in [0, 0.05) is 18.0 Å². The molecule has 0 aliphatic carbocycles. The summed E-state index contributed by atoms with van der Waals surface area (Å²) in [5, 5.41) is 5.08. The molecule has 84 valence electrons. The molecular formula is C12H20N2S. The second-order valence-electron chi connectivity index (χ2n) is 3.85. The molecule has 0 amide bonds. The first-order valence-corrected chi connectivity index (χ1v) is 6.42. The molecule has 2 nitrogen and oxygen atoms in total. The van der Waals surface area contributed by atoms with Crippen molar-refractivity contribution >= 4 is 11.8 Å². The van der Waals surface area contributed by atoms with Gasteiger partial charge in [0.15, 0.2) is 0 Å². The van der Waals surface area contributed by atoms with Gasteiger partial charge in [-0.2, -0.15) is 0 Å². The maximum absolute atomic E-state index is 4.42. The summed E-state index contributed by atoms with van der Waals surface area (Å²) in [6.07, 6.45) is 3.14. The molecule has 0 radical (unpaired) electrons.